The average Bonchev–Trinajstić information content (AvgIpc) is 3.10. The van der Waals surface area contributed by atoms with Crippen molar-refractivity contribution in [3.63, 3.8) is 0 Å². The summed E-state index contributed by atoms with van der Waals surface area (Å²) in [5.41, 5.74) is 7.44. The van der Waals surface area contributed by atoms with E-state index in [4.69, 9.17) is 15.5 Å². The number of hydrogen-bond acceptors (Lipinski definition) is 5. The highest BCUT2D eigenvalue weighted by Crippen LogP contribution is 2.28. The third kappa shape index (κ3) is 2.93. The van der Waals surface area contributed by atoms with Crippen molar-refractivity contribution in [2.45, 2.75) is 44.7 Å². The van der Waals surface area contributed by atoms with E-state index in [-0.39, 0.29) is 6.04 Å². The summed E-state index contributed by atoms with van der Waals surface area (Å²) in [5, 5.41) is 2.08. The third-order valence-corrected chi connectivity index (χ3v) is 5.15. The Morgan fingerprint density at radius 2 is 2.29 bits per heavy atom. The number of ether oxygens (including phenoxy) is 1. The first-order valence-electron chi connectivity index (χ1n) is 7.71. The maximum Gasteiger partial charge on any atom is 0.195 e. The van der Waals surface area contributed by atoms with Gasteiger partial charge in [0.05, 0.1) is 5.69 Å². The predicted molar refractivity (Wildman–Crippen MR) is 87.3 cm³/mol. The molecule has 21 heavy (non-hydrogen) atoms. The Labute approximate surface area is 129 Å². The Kier molecular flexibility index (Phi) is 4.47. The molecule has 1 saturated heterocycles. The molecule has 0 aromatic carbocycles. The summed E-state index contributed by atoms with van der Waals surface area (Å²) in [6.45, 7) is 3.83. The summed E-state index contributed by atoms with van der Waals surface area (Å²) >= 11 is 1.68. The van der Waals surface area contributed by atoms with Crippen molar-refractivity contribution in [3.05, 3.63) is 17.3 Å². The lowest BCUT2D eigenvalue weighted by atomic mass is 10.1. The van der Waals surface area contributed by atoms with E-state index in [9.17, 15) is 0 Å². The number of anilines is 1. The lowest BCUT2D eigenvalue weighted by molar-refractivity contribution is 0.0853. The molecule has 3 rings (SSSR count). The van der Waals surface area contributed by atoms with Crippen molar-refractivity contribution in [1.29, 1.82) is 0 Å². The number of thiazole rings is 1. The number of nitrogens with zero attached hydrogens (tertiary/aromatic N) is 3. The highest BCUT2D eigenvalue weighted by atomic mass is 32.1. The summed E-state index contributed by atoms with van der Waals surface area (Å²) < 4.78 is 7.67. The fraction of sp³-hybridized carbons (Fsp3) is 0.667. The van der Waals surface area contributed by atoms with Crippen molar-refractivity contribution in [2.24, 2.45) is 5.73 Å². The molecule has 0 bridgehead atoms. The number of aromatic nitrogens is 2. The van der Waals surface area contributed by atoms with Crippen LogP contribution in [0.5, 0.6) is 0 Å². The van der Waals surface area contributed by atoms with Crippen LogP contribution in [0.1, 0.15) is 31.9 Å². The zero-order chi connectivity index (χ0) is 14.8. The fourth-order valence-corrected chi connectivity index (χ4v) is 3.66. The van der Waals surface area contributed by atoms with Crippen molar-refractivity contribution in [2.75, 3.05) is 25.2 Å². The van der Waals surface area contributed by atoms with E-state index in [1.807, 2.05) is 0 Å². The first-order valence-corrected chi connectivity index (χ1v) is 8.59. The SMILES string of the molecule is CCC(N)Cc1c(N(C)C2CCOCC2)nc2sccn12. The van der Waals surface area contributed by atoms with Crippen LogP contribution in [0.4, 0.5) is 5.82 Å². The van der Waals surface area contributed by atoms with Crippen molar-refractivity contribution in [1.82, 2.24) is 9.38 Å². The van der Waals surface area contributed by atoms with Crippen molar-refractivity contribution >= 4 is 22.1 Å². The van der Waals surface area contributed by atoms with Crippen molar-refractivity contribution in [3.8, 4) is 0 Å². The maximum atomic E-state index is 6.20. The zero-order valence-corrected chi connectivity index (χ0v) is 13.6. The Morgan fingerprint density at radius 1 is 1.52 bits per heavy atom. The molecule has 2 aromatic rings. The molecule has 5 nitrogen and oxygen atoms in total. The van der Waals surface area contributed by atoms with E-state index < -0.39 is 0 Å². The summed E-state index contributed by atoms with van der Waals surface area (Å²) in [5.74, 6) is 1.10. The standard InChI is InChI=1S/C15H24N4OS/c1-3-11(16)10-13-14(17-15-19(13)6-9-21-15)18(2)12-4-7-20-8-5-12/h6,9,11-12H,3-5,7-8,10,16H2,1-2H3. The zero-order valence-electron chi connectivity index (χ0n) is 12.8. The van der Waals surface area contributed by atoms with Crippen LogP contribution < -0.4 is 10.6 Å². The minimum absolute atomic E-state index is 0.187. The van der Waals surface area contributed by atoms with E-state index in [1.54, 1.807) is 11.3 Å². The summed E-state index contributed by atoms with van der Waals surface area (Å²) in [4.78, 5) is 8.24. The Hall–Kier alpha value is -1.11. The van der Waals surface area contributed by atoms with E-state index in [2.05, 4.69) is 34.8 Å². The molecule has 1 aliphatic heterocycles. The minimum Gasteiger partial charge on any atom is -0.381 e. The van der Waals surface area contributed by atoms with Gasteiger partial charge >= 0.3 is 0 Å². The fourth-order valence-electron chi connectivity index (χ4n) is 2.93. The third-order valence-electron chi connectivity index (χ3n) is 4.39. The van der Waals surface area contributed by atoms with Gasteiger partial charge in [-0.3, -0.25) is 4.40 Å². The monoisotopic (exact) mass is 308 g/mol. The molecule has 1 fully saturated rings. The average molecular weight is 308 g/mol. The highest BCUT2D eigenvalue weighted by Gasteiger charge is 2.25. The molecule has 2 aromatic heterocycles. The lowest BCUT2D eigenvalue weighted by Gasteiger charge is -2.32. The lowest BCUT2D eigenvalue weighted by Crippen LogP contribution is -2.37. The first-order chi connectivity index (χ1) is 10.2. The van der Waals surface area contributed by atoms with Crippen LogP contribution in [-0.2, 0) is 11.2 Å². The van der Waals surface area contributed by atoms with Crippen LogP contribution in [0.3, 0.4) is 0 Å². The molecule has 0 amide bonds. The number of fused-ring (bicyclic) bond motifs is 1. The van der Waals surface area contributed by atoms with Gasteiger partial charge in [-0.05, 0) is 19.3 Å². The topological polar surface area (TPSA) is 55.8 Å². The van der Waals surface area contributed by atoms with Gasteiger partial charge in [-0.25, -0.2) is 4.98 Å². The second kappa shape index (κ2) is 6.34. The van der Waals surface area contributed by atoms with Crippen LogP contribution in [0.15, 0.2) is 11.6 Å². The molecule has 1 aliphatic rings. The Morgan fingerprint density at radius 3 is 3.00 bits per heavy atom. The smallest absolute Gasteiger partial charge is 0.195 e. The summed E-state index contributed by atoms with van der Waals surface area (Å²) in [6, 6.07) is 0.701. The van der Waals surface area contributed by atoms with Crippen molar-refractivity contribution < 1.29 is 4.74 Å². The molecule has 0 radical (unpaired) electrons. The second-order valence-electron chi connectivity index (χ2n) is 5.76. The summed E-state index contributed by atoms with van der Waals surface area (Å²) in [7, 11) is 2.16. The van der Waals surface area contributed by atoms with Crippen LogP contribution in [0.25, 0.3) is 4.96 Å². The van der Waals surface area contributed by atoms with Crippen LogP contribution in [0.2, 0.25) is 0 Å². The van der Waals surface area contributed by atoms with Gasteiger partial charge in [0, 0.05) is 50.3 Å². The van der Waals surface area contributed by atoms with Gasteiger partial charge < -0.3 is 15.4 Å². The van der Waals surface area contributed by atoms with Crippen LogP contribution in [-0.4, -0.2) is 41.7 Å². The molecular formula is C15H24N4OS. The number of hydrogen-bond donors (Lipinski definition) is 1. The molecule has 6 heteroatoms. The predicted octanol–water partition coefficient (Wildman–Crippen LogP) is 2.29. The van der Waals surface area contributed by atoms with Gasteiger partial charge in [0.25, 0.3) is 0 Å². The van der Waals surface area contributed by atoms with E-state index in [0.29, 0.717) is 6.04 Å². The van der Waals surface area contributed by atoms with Gasteiger partial charge in [-0.1, -0.05) is 6.92 Å². The molecule has 2 N–H and O–H groups in total. The van der Waals surface area contributed by atoms with Gasteiger partial charge in [0.15, 0.2) is 10.8 Å². The van der Waals surface area contributed by atoms with Gasteiger partial charge in [-0.2, -0.15) is 0 Å². The maximum absolute atomic E-state index is 6.20. The van der Waals surface area contributed by atoms with E-state index in [1.165, 1.54) is 5.69 Å². The number of nitrogens with two attached hydrogens (primary N) is 1. The normalized spacial score (nSPS) is 18.2. The molecule has 1 atom stereocenters. The summed E-state index contributed by atoms with van der Waals surface area (Å²) in [6.07, 6.45) is 6.10. The molecule has 1 unspecified atom stereocenters. The molecular weight excluding hydrogens is 284 g/mol. The molecule has 116 valence electrons. The van der Waals surface area contributed by atoms with E-state index in [0.717, 1.165) is 49.7 Å². The largest absolute Gasteiger partial charge is 0.381 e. The molecule has 0 aliphatic carbocycles. The first kappa shape index (κ1) is 14.8. The van der Waals surface area contributed by atoms with Gasteiger partial charge in [0.1, 0.15) is 0 Å². The van der Waals surface area contributed by atoms with Gasteiger partial charge in [-0.15, -0.1) is 11.3 Å². The van der Waals surface area contributed by atoms with Gasteiger partial charge in [0.2, 0.25) is 0 Å². The molecule has 0 saturated carbocycles. The second-order valence-corrected chi connectivity index (χ2v) is 6.64. The Bertz CT molecular complexity index is 588. The quantitative estimate of drug-likeness (QED) is 0.921. The van der Waals surface area contributed by atoms with Crippen LogP contribution in [0, 0.1) is 0 Å². The number of rotatable bonds is 5. The molecule has 3 heterocycles. The minimum atomic E-state index is 0.187. The van der Waals surface area contributed by atoms with E-state index >= 15 is 0 Å². The Balaban J connectivity index is 1.92. The van der Waals surface area contributed by atoms with Crippen LogP contribution >= 0.6 is 11.3 Å². The molecule has 0 spiro atoms. The highest BCUT2D eigenvalue weighted by molar-refractivity contribution is 7.15. The number of imidazole rings is 1.